The van der Waals surface area contributed by atoms with Gasteiger partial charge in [0, 0.05) is 6.54 Å². The number of aliphatic hydroxyl groups is 2. The van der Waals surface area contributed by atoms with Gasteiger partial charge >= 0.3 is 0 Å². The number of ether oxygens (including phenoxy) is 3. The average molecular weight is 219 g/mol. The molecule has 2 rings (SSSR count). The topological polar surface area (TPSA) is 94.2 Å². The van der Waals surface area contributed by atoms with Crippen LogP contribution < -0.4 is 5.73 Å². The highest BCUT2D eigenvalue weighted by Gasteiger charge is 2.60. The third-order valence-corrected chi connectivity index (χ3v) is 2.78. The first-order valence-electron chi connectivity index (χ1n) is 4.98. The molecule has 0 saturated carbocycles. The van der Waals surface area contributed by atoms with Crippen LogP contribution in [0.25, 0.3) is 0 Å². The zero-order valence-electron chi connectivity index (χ0n) is 8.84. The van der Waals surface area contributed by atoms with Crippen molar-refractivity contribution in [1.82, 2.24) is 0 Å². The van der Waals surface area contributed by atoms with Crippen molar-refractivity contribution >= 4 is 0 Å². The first-order valence-corrected chi connectivity index (χ1v) is 4.98. The lowest BCUT2D eigenvalue weighted by molar-refractivity contribution is -0.267. The second kappa shape index (κ2) is 3.38. The van der Waals surface area contributed by atoms with Crippen LogP contribution in [0.15, 0.2) is 0 Å². The highest BCUT2D eigenvalue weighted by atomic mass is 16.8. The second-order valence-corrected chi connectivity index (χ2v) is 4.43. The molecule has 0 aromatic carbocycles. The Balaban J connectivity index is 2.18. The van der Waals surface area contributed by atoms with E-state index in [1.165, 1.54) is 0 Å². The van der Waals surface area contributed by atoms with Crippen molar-refractivity contribution < 1.29 is 24.4 Å². The van der Waals surface area contributed by atoms with Crippen molar-refractivity contribution in [3.63, 3.8) is 0 Å². The highest BCUT2D eigenvalue weighted by Crippen LogP contribution is 2.41. The van der Waals surface area contributed by atoms with E-state index in [0.717, 1.165) is 0 Å². The van der Waals surface area contributed by atoms with Gasteiger partial charge in [0.05, 0.1) is 0 Å². The molecule has 0 amide bonds. The Kier molecular flexibility index (Phi) is 2.53. The van der Waals surface area contributed by atoms with Gasteiger partial charge in [-0.15, -0.1) is 0 Å². The molecule has 6 heteroatoms. The van der Waals surface area contributed by atoms with Gasteiger partial charge in [-0.2, -0.15) is 0 Å². The number of nitrogens with two attached hydrogens (primary N) is 1. The maximum atomic E-state index is 9.85. The molecule has 1 spiro atoms. The fourth-order valence-corrected chi connectivity index (χ4v) is 2.00. The van der Waals surface area contributed by atoms with Crippen molar-refractivity contribution in [2.75, 3.05) is 13.2 Å². The van der Waals surface area contributed by atoms with E-state index in [0.29, 0.717) is 0 Å². The van der Waals surface area contributed by atoms with Crippen molar-refractivity contribution in [2.24, 2.45) is 5.73 Å². The molecule has 2 aliphatic heterocycles. The fraction of sp³-hybridized carbons (Fsp3) is 1.00. The lowest BCUT2D eigenvalue weighted by Gasteiger charge is -2.26. The van der Waals surface area contributed by atoms with Crippen LogP contribution in [-0.4, -0.2) is 53.3 Å². The van der Waals surface area contributed by atoms with Gasteiger partial charge in [-0.25, -0.2) is 0 Å². The van der Waals surface area contributed by atoms with E-state index < -0.39 is 29.9 Å². The normalized spacial score (nSPS) is 49.0. The van der Waals surface area contributed by atoms with E-state index in [4.69, 9.17) is 19.9 Å². The lowest BCUT2D eigenvalue weighted by atomic mass is 10.1. The molecule has 88 valence electrons. The van der Waals surface area contributed by atoms with E-state index in [2.05, 4.69) is 0 Å². The number of hydrogen-bond donors (Lipinski definition) is 3. The molecule has 15 heavy (non-hydrogen) atoms. The molecule has 2 heterocycles. The van der Waals surface area contributed by atoms with Gasteiger partial charge in [0.1, 0.15) is 24.9 Å². The Morgan fingerprint density at radius 2 is 2.07 bits per heavy atom. The van der Waals surface area contributed by atoms with E-state index >= 15 is 0 Å². The molecule has 2 aliphatic rings. The predicted octanol–water partition coefficient (Wildman–Crippen LogP) is -1.46. The third-order valence-electron chi connectivity index (χ3n) is 2.78. The van der Waals surface area contributed by atoms with Gasteiger partial charge in [-0.3, -0.25) is 0 Å². The molecule has 2 saturated heterocycles. The molecule has 6 nitrogen and oxygen atoms in total. The summed E-state index contributed by atoms with van der Waals surface area (Å²) in [6, 6.07) is 0. The van der Waals surface area contributed by atoms with Crippen LogP contribution in [-0.2, 0) is 14.2 Å². The minimum Gasteiger partial charge on any atom is -0.387 e. The van der Waals surface area contributed by atoms with Crippen LogP contribution in [0.5, 0.6) is 0 Å². The molecular weight excluding hydrogens is 202 g/mol. The van der Waals surface area contributed by atoms with Crippen molar-refractivity contribution in [1.29, 1.82) is 0 Å². The van der Waals surface area contributed by atoms with Crippen LogP contribution >= 0.6 is 0 Å². The predicted molar refractivity (Wildman–Crippen MR) is 49.8 cm³/mol. The quantitative estimate of drug-likeness (QED) is 0.499. The second-order valence-electron chi connectivity index (χ2n) is 4.43. The SMILES string of the molecule is CC1(C)OCC2(O[C@@H](CN)[C@@H](O)[C@@H]2O)O1. The summed E-state index contributed by atoms with van der Waals surface area (Å²) in [5.41, 5.74) is 5.41. The number of aliphatic hydroxyl groups excluding tert-OH is 2. The third kappa shape index (κ3) is 1.67. The smallest absolute Gasteiger partial charge is 0.224 e. The summed E-state index contributed by atoms with van der Waals surface area (Å²) < 4.78 is 16.3. The van der Waals surface area contributed by atoms with Gasteiger partial charge in [0.25, 0.3) is 0 Å². The van der Waals surface area contributed by atoms with Crippen LogP contribution in [0.1, 0.15) is 13.8 Å². The van der Waals surface area contributed by atoms with E-state index in [1.807, 2.05) is 0 Å². The van der Waals surface area contributed by atoms with Gasteiger partial charge in [0.15, 0.2) is 5.79 Å². The zero-order valence-corrected chi connectivity index (χ0v) is 8.84. The maximum absolute atomic E-state index is 9.85. The van der Waals surface area contributed by atoms with Crippen LogP contribution in [0.4, 0.5) is 0 Å². The first-order chi connectivity index (χ1) is 6.90. The largest absolute Gasteiger partial charge is 0.387 e. The minimum absolute atomic E-state index is 0.0920. The Labute approximate surface area is 87.9 Å². The molecular formula is C9H17NO5. The monoisotopic (exact) mass is 219 g/mol. The molecule has 0 bridgehead atoms. The van der Waals surface area contributed by atoms with Crippen LogP contribution in [0, 0.1) is 0 Å². The number of rotatable bonds is 1. The van der Waals surface area contributed by atoms with Crippen molar-refractivity contribution in [3.05, 3.63) is 0 Å². The molecule has 2 fully saturated rings. The standard InChI is InChI=1S/C9H17NO5/c1-8(2)13-4-9(15-8)7(12)6(11)5(3-10)14-9/h5-7,11-12H,3-4,10H2,1-2H3/t5-,6+,7-,9?/m0/s1. The summed E-state index contributed by atoms with van der Waals surface area (Å²) in [6.45, 7) is 3.67. The summed E-state index contributed by atoms with van der Waals surface area (Å²) in [6.07, 6.45) is -2.78. The maximum Gasteiger partial charge on any atom is 0.224 e. The summed E-state index contributed by atoms with van der Waals surface area (Å²) in [5, 5.41) is 19.5. The van der Waals surface area contributed by atoms with Gasteiger partial charge in [-0.1, -0.05) is 0 Å². The average Bonchev–Trinajstić information content (AvgIpc) is 2.60. The lowest BCUT2D eigenvalue weighted by Crippen LogP contribution is -2.46. The molecule has 0 aromatic rings. The summed E-state index contributed by atoms with van der Waals surface area (Å²) >= 11 is 0. The molecule has 0 aliphatic carbocycles. The van der Waals surface area contributed by atoms with Gasteiger partial charge in [-0.05, 0) is 13.8 Å². The van der Waals surface area contributed by atoms with Gasteiger partial charge < -0.3 is 30.2 Å². The van der Waals surface area contributed by atoms with Gasteiger partial charge in [0.2, 0.25) is 5.79 Å². The van der Waals surface area contributed by atoms with E-state index in [1.54, 1.807) is 13.8 Å². The molecule has 4 N–H and O–H groups in total. The van der Waals surface area contributed by atoms with E-state index in [-0.39, 0.29) is 13.2 Å². The molecule has 1 unspecified atom stereocenters. The minimum atomic E-state index is -1.27. The van der Waals surface area contributed by atoms with Crippen molar-refractivity contribution in [2.45, 2.75) is 43.7 Å². The fourth-order valence-electron chi connectivity index (χ4n) is 2.00. The Morgan fingerprint density at radius 3 is 2.47 bits per heavy atom. The Morgan fingerprint density at radius 1 is 1.40 bits per heavy atom. The molecule has 0 radical (unpaired) electrons. The highest BCUT2D eigenvalue weighted by molar-refractivity contribution is 5.00. The van der Waals surface area contributed by atoms with Crippen LogP contribution in [0.2, 0.25) is 0 Å². The zero-order chi connectivity index (χ0) is 11.3. The van der Waals surface area contributed by atoms with Crippen molar-refractivity contribution in [3.8, 4) is 0 Å². The summed E-state index contributed by atoms with van der Waals surface area (Å²) in [7, 11) is 0. The summed E-state index contributed by atoms with van der Waals surface area (Å²) in [5.74, 6) is -2.09. The summed E-state index contributed by atoms with van der Waals surface area (Å²) in [4.78, 5) is 0. The Hall–Kier alpha value is -0.240. The first kappa shape index (κ1) is 11.3. The Bertz CT molecular complexity index is 259. The molecule has 4 atom stereocenters. The number of hydrogen-bond acceptors (Lipinski definition) is 6. The van der Waals surface area contributed by atoms with E-state index in [9.17, 15) is 10.2 Å². The van der Waals surface area contributed by atoms with Crippen LogP contribution in [0.3, 0.4) is 0 Å². The molecule has 0 aromatic heterocycles.